The monoisotopic (exact) mass is 778 g/mol. The molecule has 0 aromatic heterocycles. The molecule has 0 bridgehead atoms. The predicted octanol–water partition coefficient (Wildman–Crippen LogP) is 17.2. The SMILES string of the molecule is C1=Cc2ccc3c4c(ccc1c24)-c1c-3c(-c2ccccc2)c2cc3c(-c4ccccc4)c4c(c(-c5ccccc5)c3cc2c1-c1ccccc1)-c1ccc2c3c(ccc-4c13)C=C2. The first kappa shape index (κ1) is 32.8. The fraction of sp³-hybridized carbons (Fsp3) is 0. The van der Waals surface area contributed by atoms with Crippen LogP contribution in [0.5, 0.6) is 0 Å². The molecule has 0 unspecified atom stereocenters. The van der Waals surface area contributed by atoms with E-state index in [0.717, 1.165) is 0 Å². The van der Waals surface area contributed by atoms with Crippen LogP contribution in [0, 0.1) is 0 Å². The van der Waals surface area contributed by atoms with Crippen LogP contribution in [0.2, 0.25) is 0 Å². The molecule has 0 heteroatoms. The predicted molar refractivity (Wildman–Crippen MR) is 265 cm³/mol. The molecule has 0 heterocycles. The molecular formula is C62H34. The summed E-state index contributed by atoms with van der Waals surface area (Å²) < 4.78 is 0. The third-order valence-electron chi connectivity index (χ3n) is 14.4. The summed E-state index contributed by atoms with van der Waals surface area (Å²) in [5.74, 6) is 0. The number of hydrogen-bond acceptors (Lipinski definition) is 0. The molecule has 0 N–H and O–H groups in total. The quantitative estimate of drug-likeness (QED) is 0.156. The molecule has 4 aliphatic rings. The van der Waals surface area contributed by atoms with Crippen molar-refractivity contribution in [2.75, 3.05) is 0 Å². The van der Waals surface area contributed by atoms with Crippen LogP contribution in [0.1, 0.15) is 22.3 Å². The maximum Gasteiger partial charge on any atom is -0.000740 e. The van der Waals surface area contributed by atoms with Crippen LogP contribution in [-0.2, 0) is 0 Å². The van der Waals surface area contributed by atoms with Gasteiger partial charge in [0.05, 0.1) is 0 Å². The van der Waals surface area contributed by atoms with E-state index >= 15 is 0 Å². The number of benzene rings is 11. The van der Waals surface area contributed by atoms with E-state index < -0.39 is 0 Å². The lowest BCUT2D eigenvalue weighted by molar-refractivity contribution is 1.61. The highest BCUT2D eigenvalue weighted by atomic mass is 14.4. The summed E-state index contributed by atoms with van der Waals surface area (Å²) in [4.78, 5) is 0. The van der Waals surface area contributed by atoms with Crippen molar-refractivity contribution in [3.8, 4) is 89.0 Å². The van der Waals surface area contributed by atoms with E-state index in [1.165, 1.54) is 154 Å². The Kier molecular flexibility index (Phi) is 6.24. The Balaban J connectivity index is 1.21. The zero-order valence-electron chi connectivity index (χ0n) is 33.6. The summed E-state index contributed by atoms with van der Waals surface area (Å²) in [5.41, 5.74) is 26.0. The Morgan fingerprint density at radius 1 is 0.194 bits per heavy atom. The maximum atomic E-state index is 2.59. The zero-order valence-corrected chi connectivity index (χ0v) is 33.6. The lowest BCUT2D eigenvalue weighted by Crippen LogP contribution is -1.97. The van der Waals surface area contributed by atoms with Gasteiger partial charge in [-0.25, -0.2) is 0 Å². The van der Waals surface area contributed by atoms with Crippen LogP contribution in [0.3, 0.4) is 0 Å². The Hall–Kier alpha value is -8.06. The summed E-state index contributed by atoms with van der Waals surface area (Å²) in [7, 11) is 0. The highest BCUT2D eigenvalue weighted by Gasteiger charge is 2.35. The molecule has 4 aliphatic carbocycles. The molecule has 62 heavy (non-hydrogen) atoms. The van der Waals surface area contributed by atoms with Gasteiger partial charge in [0, 0.05) is 0 Å². The van der Waals surface area contributed by atoms with Crippen LogP contribution < -0.4 is 0 Å². The van der Waals surface area contributed by atoms with Gasteiger partial charge in [-0.05, 0) is 166 Å². The normalized spacial score (nSPS) is 13.0. The molecule has 0 nitrogen and oxygen atoms in total. The summed E-state index contributed by atoms with van der Waals surface area (Å²) in [6.45, 7) is 0. The van der Waals surface area contributed by atoms with Crippen molar-refractivity contribution in [1.82, 2.24) is 0 Å². The van der Waals surface area contributed by atoms with Gasteiger partial charge in [-0.15, -0.1) is 0 Å². The Morgan fingerprint density at radius 2 is 0.435 bits per heavy atom. The van der Waals surface area contributed by atoms with E-state index in [1.807, 2.05) is 0 Å². The second-order valence-electron chi connectivity index (χ2n) is 17.4. The summed E-state index contributed by atoms with van der Waals surface area (Å²) >= 11 is 0. The molecule has 0 atom stereocenters. The van der Waals surface area contributed by atoms with Crippen LogP contribution >= 0.6 is 0 Å². The molecule has 282 valence electrons. The molecule has 15 rings (SSSR count). The molecule has 0 amide bonds. The van der Waals surface area contributed by atoms with E-state index in [2.05, 4.69) is 206 Å². The Morgan fingerprint density at radius 3 is 0.677 bits per heavy atom. The highest BCUT2D eigenvalue weighted by molar-refractivity contribution is 6.34. The Bertz CT molecular complexity index is 3400. The molecule has 11 aromatic rings. The van der Waals surface area contributed by atoms with Crippen molar-refractivity contribution in [2.45, 2.75) is 0 Å². The molecule has 0 saturated heterocycles. The van der Waals surface area contributed by atoms with E-state index in [-0.39, 0.29) is 0 Å². The average Bonchev–Trinajstić information content (AvgIpc) is 4.11. The molecule has 0 aliphatic heterocycles. The first-order valence-electron chi connectivity index (χ1n) is 21.8. The van der Waals surface area contributed by atoms with Crippen molar-refractivity contribution >= 4 is 67.4 Å². The van der Waals surface area contributed by atoms with Crippen LogP contribution in [0.15, 0.2) is 182 Å². The summed E-state index contributed by atoms with van der Waals surface area (Å²) in [6, 6.07) is 68.9. The first-order valence-corrected chi connectivity index (χ1v) is 21.8. The van der Waals surface area contributed by atoms with Crippen molar-refractivity contribution in [2.24, 2.45) is 0 Å². The molecule has 0 saturated carbocycles. The van der Waals surface area contributed by atoms with E-state index in [4.69, 9.17) is 0 Å². The van der Waals surface area contributed by atoms with Gasteiger partial charge in [0.25, 0.3) is 0 Å². The molecule has 0 fully saturated rings. The zero-order chi connectivity index (χ0) is 40.2. The van der Waals surface area contributed by atoms with Crippen LogP contribution in [0.4, 0.5) is 0 Å². The van der Waals surface area contributed by atoms with Gasteiger partial charge in [-0.3, -0.25) is 0 Å². The van der Waals surface area contributed by atoms with Crippen molar-refractivity contribution in [3.05, 3.63) is 204 Å². The van der Waals surface area contributed by atoms with Crippen LogP contribution in [0.25, 0.3) is 156 Å². The fourth-order valence-corrected chi connectivity index (χ4v) is 12.0. The van der Waals surface area contributed by atoms with Crippen molar-refractivity contribution < 1.29 is 0 Å². The summed E-state index contributed by atoms with van der Waals surface area (Å²) in [6.07, 6.45) is 9.16. The van der Waals surface area contributed by atoms with Gasteiger partial charge >= 0.3 is 0 Å². The third kappa shape index (κ3) is 4.07. The lowest BCUT2D eigenvalue weighted by atomic mass is 9.78. The average molecular weight is 779 g/mol. The largest absolute Gasteiger partial charge is 0.0622 e. The minimum Gasteiger partial charge on any atom is -0.0622 e. The topological polar surface area (TPSA) is 0 Å². The van der Waals surface area contributed by atoms with Gasteiger partial charge in [-0.1, -0.05) is 194 Å². The molecule has 0 radical (unpaired) electrons. The molecule has 0 spiro atoms. The van der Waals surface area contributed by atoms with E-state index in [9.17, 15) is 0 Å². The van der Waals surface area contributed by atoms with Crippen molar-refractivity contribution in [3.63, 3.8) is 0 Å². The maximum absolute atomic E-state index is 2.59. The smallest absolute Gasteiger partial charge is 0.000740 e. The number of hydrogen-bond donors (Lipinski definition) is 0. The van der Waals surface area contributed by atoms with Gasteiger partial charge in [0.2, 0.25) is 0 Å². The standard InChI is InChI=1S/C62H34/c1-5-13-35(14-6-1)53-47-33-49-50(34-48(47)54(36-15-7-2-8-16-36)60-44-30-26-40-22-21-39-25-29-43(59(53)60)57(44)51(39)40)56(38-19-11-4-12-20-38)62-46-32-28-42-24-23-41-27-31-45(58(46)52(41)42)61(62)55(49)37-17-9-3-10-18-37/h1-34H. The summed E-state index contributed by atoms with van der Waals surface area (Å²) in [5, 5.41) is 10.6. The van der Waals surface area contributed by atoms with Gasteiger partial charge < -0.3 is 0 Å². The van der Waals surface area contributed by atoms with E-state index in [1.54, 1.807) is 0 Å². The molecule has 11 aromatic carbocycles. The minimum absolute atomic E-state index is 1.24. The number of rotatable bonds is 4. The Labute approximate surface area is 359 Å². The van der Waals surface area contributed by atoms with E-state index in [0.29, 0.717) is 0 Å². The number of fused-ring (bicyclic) bond motifs is 8. The van der Waals surface area contributed by atoms with Crippen LogP contribution in [-0.4, -0.2) is 0 Å². The van der Waals surface area contributed by atoms with Gasteiger partial charge in [-0.2, -0.15) is 0 Å². The second-order valence-corrected chi connectivity index (χ2v) is 17.4. The van der Waals surface area contributed by atoms with Gasteiger partial charge in [0.15, 0.2) is 0 Å². The molecular weight excluding hydrogens is 745 g/mol. The van der Waals surface area contributed by atoms with Gasteiger partial charge in [0.1, 0.15) is 0 Å². The fourth-order valence-electron chi connectivity index (χ4n) is 12.0. The second kappa shape index (κ2) is 11.8. The first-order chi connectivity index (χ1) is 30.8. The minimum atomic E-state index is 1.24. The van der Waals surface area contributed by atoms with Crippen molar-refractivity contribution in [1.29, 1.82) is 0 Å². The highest BCUT2D eigenvalue weighted by Crippen LogP contribution is 2.63. The lowest BCUT2D eigenvalue weighted by Gasteiger charge is -2.24. The third-order valence-corrected chi connectivity index (χ3v) is 14.4.